The third kappa shape index (κ3) is 4.56. The van der Waals surface area contributed by atoms with Gasteiger partial charge in [0.25, 0.3) is 0 Å². The summed E-state index contributed by atoms with van der Waals surface area (Å²) in [5.41, 5.74) is 5.98. The van der Waals surface area contributed by atoms with E-state index in [1.807, 2.05) is 32.0 Å². The average Bonchev–Trinajstić information content (AvgIpc) is 2.37. The lowest BCUT2D eigenvalue weighted by Crippen LogP contribution is -2.43. The third-order valence-corrected chi connectivity index (χ3v) is 3.28. The average molecular weight is 264 g/mol. The highest BCUT2D eigenvalue weighted by Crippen LogP contribution is 2.19. The molecule has 0 aliphatic carbocycles. The lowest BCUT2D eigenvalue weighted by atomic mass is 9.92. The highest BCUT2D eigenvalue weighted by atomic mass is 16.5. The standard InChI is InChI=1S/C15H24N2O2/c1-11(17-10-15(2,3)14(16)18)9-12-7-5-6-8-13(12)19-4/h5-8,11,17H,9-10H2,1-4H3,(H2,16,18). The molecule has 0 spiro atoms. The maximum absolute atomic E-state index is 11.3. The summed E-state index contributed by atoms with van der Waals surface area (Å²) in [5.74, 6) is 0.606. The number of benzene rings is 1. The minimum Gasteiger partial charge on any atom is -0.496 e. The molecule has 0 heterocycles. The fraction of sp³-hybridized carbons (Fsp3) is 0.533. The number of carbonyl (C=O) groups is 1. The molecule has 1 aromatic rings. The topological polar surface area (TPSA) is 64.3 Å². The van der Waals surface area contributed by atoms with E-state index in [1.165, 1.54) is 0 Å². The van der Waals surface area contributed by atoms with Crippen molar-refractivity contribution in [3.63, 3.8) is 0 Å². The first-order valence-corrected chi connectivity index (χ1v) is 6.52. The summed E-state index contributed by atoms with van der Waals surface area (Å²) in [4.78, 5) is 11.3. The van der Waals surface area contributed by atoms with E-state index in [9.17, 15) is 4.79 Å². The molecular weight excluding hydrogens is 240 g/mol. The van der Waals surface area contributed by atoms with Crippen LogP contribution in [0, 0.1) is 5.41 Å². The van der Waals surface area contributed by atoms with Crippen LogP contribution < -0.4 is 15.8 Å². The fourth-order valence-electron chi connectivity index (χ4n) is 1.79. The number of nitrogens with two attached hydrogens (primary N) is 1. The van der Waals surface area contributed by atoms with Gasteiger partial charge in [-0.15, -0.1) is 0 Å². The zero-order chi connectivity index (χ0) is 14.5. The Morgan fingerprint density at radius 3 is 2.63 bits per heavy atom. The Balaban J connectivity index is 2.56. The van der Waals surface area contributed by atoms with Gasteiger partial charge in [-0.05, 0) is 38.8 Å². The third-order valence-electron chi connectivity index (χ3n) is 3.28. The zero-order valence-corrected chi connectivity index (χ0v) is 12.2. The van der Waals surface area contributed by atoms with E-state index >= 15 is 0 Å². The molecule has 0 saturated carbocycles. The molecule has 106 valence electrons. The molecule has 0 bridgehead atoms. The van der Waals surface area contributed by atoms with E-state index in [0.29, 0.717) is 6.54 Å². The van der Waals surface area contributed by atoms with Crippen molar-refractivity contribution in [2.75, 3.05) is 13.7 Å². The minimum atomic E-state index is -0.533. The Bertz CT molecular complexity index is 430. The van der Waals surface area contributed by atoms with Crippen LogP contribution in [-0.2, 0) is 11.2 Å². The number of amides is 1. The van der Waals surface area contributed by atoms with Gasteiger partial charge in [0.2, 0.25) is 5.91 Å². The van der Waals surface area contributed by atoms with Gasteiger partial charge in [-0.2, -0.15) is 0 Å². The molecule has 19 heavy (non-hydrogen) atoms. The summed E-state index contributed by atoms with van der Waals surface area (Å²) < 4.78 is 5.33. The normalized spacial score (nSPS) is 13.1. The Morgan fingerprint density at radius 2 is 2.05 bits per heavy atom. The first kappa shape index (κ1) is 15.5. The summed E-state index contributed by atoms with van der Waals surface area (Å²) in [6, 6.07) is 8.20. The molecule has 1 rings (SSSR count). The van der Waals surface area contributed by atoms with E-state index in [-0.39, 0.29) is 11.9 Å². The van der Waals surface area contributed by atoms with Crippen LogP contribution in [0.5, 0.6) is 5.75 Å². The number of nitrogens with one attached hydrogen (secondary N) is 1. The number of primary amides is 1. The fourth-order valence-corrected chi connectivity index (χ4v) is 1.79. The van der Waals surface area contributed by atoms with Crippen LogP contribution >= 0.6 is 0 Å². The van der Waals surface area contributed by atoms with Gasteiger partial charge in [0.15, 0.2) is 0 Å². The van der Waals surface area contributed by atoms with Crippen LogP contribution in [0.1, 0.15) is 26.3 Å². The van der Waals surface area contributed by atoms with Crippen LogP contribution in [0.15, 0.2) is 24.3 Å². The number of ether oxygens (including phenoxy) is 1. The largest absolute Gasteiger partial charge is 0.496 e. The Kier molecular flexibility index (Phi) is 5.36. The molecule has 0 fully saturated rings. The summed E-state index contributed by atoms with van der Waals surface area (Å²) in [7, 11) is 1.67. The Labute approximate surface area is 115 Å². The van der Waals surface area contributed by atoms with Gasteiger partial charge < -0.3 is 15.8 Å². The van der Waals surface area contributed by atoms with Crippen LogP contribution in [0.3, 0.4) is 0 Å². The molecule has 0 aliphatic rings. The zero-order valence-electron chi connectivity index (χ0n) is 12.2. The lowest BCUT2D eigenvalue weighted by Gasteiger charge is -2.24. The number of rotatable bonds is 7. The first-order chi connectivity index (χ1) is 8.86. The van der Waals surface area contributed by atoms with Crippen molar-refractivity contribution in [3.8, 4) is 5.75 Å². The van der Waals surface area contributed by atoms with E-state index in [1.54, 1.807) is 7.11 Å². The van der Waals surface area contributed by atoms with Crippen LogP contribution in [0.4, 0.5) is 0 Å². The monoisotopic (exact) mass is 264 g/mol. The van der Waals surface area contributed by atoms with Crippen molar-refractivity contribution in [2.24, 2.45) is 11.1 Å². The van der Waals surface area contributed by atoms with Crippen LogP contribution in [-0.4, -0.2) is 25.6 Å². The van der Waals surface area contributed by atoms with Crippen molar-refractivity contribution in [2.45, 2.75) is 33.2 Å². The van der Waals surface area contributed by atoms with Gasteiger partial charge >= 0.3 is 0 Å². The summed E-state index contributed by atoms with van der Waals surface area (Å²) >= 11 is 0. The second-order valence-electron chi connectivity index (χ2n) is 5.55. The summed E-state index contributed by atoms with van der Waals surface area (Å²) in [6.45, 7) is 6.35. The molecule has 4 heteroatoms. The smallest absolute Gasteiger partial charge is 0.224 e. The van der Waals surface area contributed by atoms with Gasteiger partial charge in [-0.3, -0.25) is 4.79 Å². The lowest BCUT2D eigenvalue weighted by molar-refractivity contribution is -0.125. The highest BCUT2D eigenvalue weighted by Gasteiger charge is 2.25. The molecule has 3 N–H and O–H groups in total. The van der Waals surface area contributed by atoms with Crippen molar-refractivity contribution in [1.29, 1.82) is 0 Å². The van der Waals surface area contributed by atoms with Gasteiger partial charge in [-0.25, -0.2) is 0 Å². The van der Waals surface area contributed by atoms with E-state index in [2.05, 4.69) is 18.3 Å². The Hall–Kier alpha value is -1.55. The molecular formula is C15H24N2O2. The van der Waals surface area contributed by atoms with Crippen molar-refractivity contribution in [1.82, 2.24) is 5.32 Å². The van der Waals surface area contributed by atoms with E-state index in [4.69, 9.17) is 10.5 Å². The number of hydrogen-bond acceptors (Lipinski definition) is 3. The second-order valence-corrected chi connectivity index (χ2v) is 5.55. The molecule has 0 aromatic heterocycles. The summed E-state index contributed by atoms with van der Waals surface area (Å²) in [5, 5.41) is 3.35. The molecule has 0 aliphatic heterocycles. The molecule has 1 atom stereocenters. The van der Waals surface area contributed by atoms with E-state index in [0.717, 1.165) is 17.7 Å². The number of methoxy groups -OCH3 is 1. The minimum absolute atomic E-state index is 0.245. The SMILES string of the molecule is COc1ccccc1CC(C)NCC(C)(C)C(N)=O. The van der Waals surface area contributed by atoms with Gasteiger partial charge in [0.05, 0.1) is 12.5 Å². The molecule has 1 unspecified atom stereocenters. The van der Waals surface area contributed by atoms with Gasteiger partial charge in [-0.1, -0.05) is 18.2 Å². The molecule has 1 amide bonds. The molecule has 0 radical (unpaired) electrons. The van der Waals surface area contributed by atoms with Crippen LogP contribution in [0.2, 0.25) is 0 Å². The molecule has 0 saturated heterocycles. The van der Waals surface area contributed by atoms with E-state index < -0.39 is 5.41 Å². The van der Waals surface area contributed by atoms with Gasteiger partial charge in [0, 0.05) is 12.6 Å². The summed E-state index contributed by atoms with van der Waals surface area (Å²) in [6.07, 6.45) is 0.846. The highest BCUT2D eigenvalue weighted by molar-refractivity contribution is 5.80. The van der Waals surface area contributed by atoms with Crippen molar-refractivity contribution >= 4 is 5.91 Å². The van der Waals surface area contributed by atoms with Crippen molar-refractivity contribution in [3.05, 3.63) is 29.8 Å². The predicted molar refractivity (Wildman–Crippen MR) is 77.1 cm³/mol. The van der Waals surface area contributed by atoms with Gasteiger partial charge in [0.1, 0.15) is 5.75 Å². The van der Waals surface area contributed by atoms with Crippen molar-refractivity contribution < 1.29 is 9.53 Å². The van der Waals surface area contributed by atoms with Crippen LogP contribution in [0.25, 0.3) is 0 Å². The quantitative estimate of drug-likeness (QED) is 0.788. The predicted octanol–water partition coefficient (Wildman–Crippen LogP) is 1.73. The molecule has 4 nitrogen and oxygen atoms in total. The second kappa shape index (κ2) is 6.57. The number of hydrogen-bond donors (Lipinski definition) is 2. The first-order valence-electron chi connectivity index (χ1n) is 6.52. The number of para-hydroxylation sites is 1. The maximum Gasteiger partial charge on any atom is 0.224 e. The Morgan fingerprint density at radius 1 is 1.42 bits per heavy atom. The molecule has 1 aromatic carbocycles. The maximum atomic E-state index is 11.3. The number of carbonyl (C=O) groups excluding carboxylic acids is 1.